The minimum atomic E-state index is -0.761. The van der Waals surface area contributed by atoms with Crippen LogP contribution in [-0.2, 0) is 19.1 Å². The van der Waals surface area contributed by atoms with E-state index >= 15 is 0 Å². The van der Waals surface area contributed by atoms with Crippen LogP contribution in [0.1, 0.15) is 16.8 Å². The number of hydrogen-bond donors (Lipinski definition) is 1. The molecule has 3 aliphatic rings. The Bertz CT molecular complexity index is 1190. The fourth-order valence-corrected chi connectivity index (χ4v) is 6.42. The molecule has 0 radical (unpaired) electrons. The number of carbonyl (C=O) groups excluding carboxylic acids is 4. The van der Waals surface area contributed by atoms with Crippen LogP contribution in [0.5, 0.6) is 5.75 Å². The van der Waals surface area contributed by atoms with E-state index in [-0.39, 0.29) is 45.7 Å². The van der Waals surface area contributed by atoms with Gasteiger partial charge in [-0.05, 0) is 48.6 Å². The van der Waals surface area contributed by atoms with E-state index in [1.54, 1.807) is 36.4 Å². The Kier molecular flexibility index (Phi) is 6.19. The lowest BCUT2D eigenvalue weighted by Crippen LogP contribution is -2.37. The van der Waals surface area contributed by atoms with Gasteiger partial charge in [0.1, 0.15) is 5.75 Å². The van der Waals surface area contributed by atoms with Crippen molar-refractivity contribution in [2.24, 2.45) is 23.7 Å². The van der Waals surface area contributed by atoms with Gasteiger partial charge in [-0.1, -0.05) is 18.2 Å². The van der Waals surface area contributed by atoms with Crippen molar-refractivity contribution in [1.29, 1.82) is 0 Å². The summed E-state index contributed by atoms with van der Waals surface area (Å²) in [5, 5.41) is 1.93. The summed E-state index contributed by atoms with van der Waals surface area (Å²) >= 11 is 12.8. The first-order valence-corrected chi connectivity index (χ1v) is 12.0. The second-order valence-electron chi connectivity index (χ2n) is 8.89. The predicted molar refractivity (Wildman–Crippen MR) is 129 cm³/mol. The molecule has 0 spiro atoms. The van der Waals surface area contributed by atoms with Gasteiger partial charge >= 0.3 is 5.97 Å². The minimum Gasteiger partial charge on any atom is -0.495 e. The fraction of sp³-hybridized carbons (Fsp3) is 0.360. The molecule has 1 saturated heterocycles. The molecule has 3 fully saturated rings. The summed E-state index contributed by atoms with van der Waals surface area (Å²) in [6.45, 7) is -0.523. The number of methoxy groups -OCH3 is 1. The maximum absolute atomic E-state index is 13.2. The van der Waals surface area contributed by atoms with Crippen molar-refractivity contribution in [3.63, 3.8) is 0 Å². The summed E-state index contributed by atoms with van der Waals surface area (Å²) in [7, 11) is 1.48. The number of hydrogen-bond acceptors (Lipinski definition) is 6. The standard InChI is InChI=1S/C25H22Cl2N2O6/c1-34-17-8-3-2-7-16(17)28-18(30)11-35-25(33)12-5-4-6-13(9-12)29-23(31)19-14-10-15(20(19)24(29)32)22(27)21(14)26/h2-9,14-15,19-22H,10-11H2,1H3,(H,28,30)/t14-,15-,19-,20-,21+,22+/m1/s1. The third-order valence-electron chi connectivity index (χ3n) is 7.04. The number of nitrogens with one attached hydrogen (secondary N) is 1. The number of fused-ring (bicyclic) bond motifs is 5. The van der Waals surface area contributed by atoms with E-state index in [0.29, 0.717) is 17.9 Å². The van der Waals surface area contributed by atoms with Crippen LogP contribution < -0.4 is 15.0 Å². The summed E-state index contributed by atoms with van der Waals surface area (Å²) in [5.74, 6) is -2.71. The monoisotopic (exact) mass is 516 g/mol. The lowest BCUT2D eigenvalue weighted by Gasteiger charge is -2.28. The smallest absolute Gasteiger partial charge is 0.338 e. The number of benzene rings is 2. The molecule has 2 bridgehead atoms. The van der Waals surface area contributed by atoms with Gasteiger partial charge in [-0.3, -0.25) is 19.3 Å². The van der Waals surface area contributed by atoms with Crippen LogP contribution in [0.4, 0.5) is 11.4 Å². The molecule has 1 N–H and O–H groups in total. The molecule has 35 heavy (non-hydrogen) atoms. The highest BCUT2D eigenvalue weighted by atomic mass is 35.5. The molecular weight excluding hydrogens is 495 g/mol. The van der Waals surface area contributed by atoms with Crippen molar-refractivity contribution in [1.82, 2.24) is 0 Å². The second-order valence-corrected chi connectivity index (χ2v) is 9.90. The van der Waals surface area contributed by atoms with Crippen LogP contribution in [0.3, 0.4) is 0 Å². The van der Waals surface area contributed by atoms with E-state index in [0.717, 1.165) is 4.90 Å². The largest absolute Gasteiger partial charge is 0.495 e. The summed E-state index contributed by atoms with van der Waals surface area (Å²) < 4.78 is 10.3. The molecule has 2 aromatic carbocycles. The van der Waals surface area contributed by atoms with Crippen LogP contribution in [0.25, 0.3) is 0 Å². The van der Waals surface area contributed by atoms with Crippen LogP contribution in [0.15, 0.2) is 48.5 Å². The van der Waals surface area contributed by atoms with Gasteiger partial charge in [-0.15, -0.1) is 23.2 Å². The number of carbonyl (C=O) groups is 4. The molecule has 6 atom stereocenters. The molecule has 10 heteroatoms. The number of nitrogens with zero attached hydrogens (tertiary/aromatic N) is 1. The molecule has 2 saturated carbocycles. The zero-order chi connectivity index (χ0) is 24.9. The lowest BCUT2D eigenvalue weighted by molar-refractivity contribution is -0.123. The molecule has 3 amide bonds. The quantitative estimate of drug-likeness (QED) is 0.358. The zero-order valence-electron chi connectivity index (χ0n) is 18.6. The maximum atomic E-state index is 13.2. The molecule has 5 rings (SSSR count). The van der Waals surface area contributed by atoms with E-state index in [9.17, 15) is 19.2 Å². The zero-order valence-corrected chi connectivity index (χ0v) is 20.2. The van der Waals surface area contributed by atoms with Gasteiger partial charge in [0.2, 0.25) is 11.8 Å². The van der Waals surface area contributed by atoms with Crippen molar-refractivity contribution in [3.05, 3.63) is 54.1 Å². The van der Waals surface area contributed by atoms with Gasteiger partial charge < -0.3 is 14.8 Å². The first kappa shape index (κ1) is 23.6. The Morgan fingerprint density at radius 3 is 2.31 bits per heavy atom. The number of amides is 3. The minimum absolute atomic E-state index is 0.110. The molecule has 2 aromatic rings. The van der Waals surface area contributed by atoms with Crippen molar-refractivity contribution >= 4 is 58.3 Å². The van der Waals surface area contributed by atoms with Crippen molar-refractivity contribution in [2.75, 3.05) is 23.9 Å². The van der Waals surface area contributed by atoms with E-state index in [4.69, 9.17) is 32.7 Å². The molecule has 1 aliphatic heterocycles. The van der Waals surface area contributed by atoms with Crippen molar-refractivity contribution < 1.29 is 28.7 Å². The van der Waals surface area contributed by atoms with Crippen molar-refractivity contribution in [2.45, 2.75) is 17.2 Å². The molecule has 2 aliphatic carbocycles. The number of alkyl halides is 2. The number of esters is 1. The van der Waals surface area contributed by atoms with E-state index in [1.807, 2.05) is 0 Å². The van der Waals surface area contributed by atoms with Gasteiger partial charge in [0, 0.05) is 0 Å². The highest BCUT2D eigenvalue weighted by Gasteiger charge is 2.66. The number of rotatable bonds is 6. The third-order valence-corrected chi connectivity index (χ3v) is 8.36. The highest BCUT2D eigenvalue weighted by molar-refractivity contribution is 6.32. The van der Waals surface area contributed by atoms with Gasteiger partial charge in [-0.2, -0.15) is 0 Å². The predicted octanol–water partition coefficient (Wildman–Crippen LogP) is 3.46. The Morgan fingerprint density at radius 2 is 1.66 bits per heavy atom. The summed E-state index contributed by atoms with van der Waals surface area (Å²) in [6.07, 6.45) is 0.673. The SMILES string of the molecule is COc1ccccc1NC(=O)COC(=O)c1cccc(N2C(=O)[C@@H]3[C@H]4C[C@@H]([C@H](Cl)[C@H]4Cl)[C@H]3C2=O)c1. The topological polar surface area (TPSA) is 102 Å². The number of halogens is 2. The van der Waals surface area contributed by atoms with E-state index in [2.05, 4.69) is 5.32 Å². The second kappa shape index (κ2) is 9.17. The van der Waals surface area contributed by atoms with Crippen LogP contribution in [0, 0.1) is 23.7 Å². The Balaban J connectivity index is 1.26. The van der Waals surface area contributed by atoms with Crippen LogP contribution in [0.2, 0.25) is 0 Å². The molecular formula is C25H22Cl2N2O6. The third kappa shape index (κ3) is 3.94. The molecule has 182 valence electrons. The van der Waals surface area contributed by atoms with Gasteiger partial charge in [0.15, 0.2) is 6.61 Å². The van der Waals surface area contributed by atoms with E-state index in [1.165, 1.54) is 19.2 Å². The molecule has 8 nitrogen and oxygen atoms in total. The number of imide groups is 1. The number of ether oxygens (including phenoxy) is 2. The summed E-state index contributed by atoms with van der Waals surface area (Å²) in [5.41, 5.74) is 0.833. The van der Waals surface area contributed by atoms with E-state index < -0.39 is 30.3 Å². The summed E-state index contributed by atoms with van der Waals surface area (Å²) in [6, 6.07) is 12.9. The van der Waals surface area contributed by atoms with Crippen LogP contribution >= 0.6 is 23.2 Å². The molecule has 1 heterocycles. The lowest BCUT2D eigenvalue weighted by atomic mass is 9.80. The first-order chi connectivity index (χ1) is 16.8. The number of para-hydroxylation sites is 2. The van der Waals surface area contributed by atoms with Gasteiger partial charge in [0.05, 0.1) is 46.6 Å². The Labute approximate surface area is 211 Å². The molecule has 0 aromatic heterocycles. The van der Waals surface area contributed by atoms with Gasteiger partial charge in [0.25, 0.3) is 5.91 Å². The normalized spacial score (nSPS) is 28.7. The van der Waals surface area contributed by atoms with Crippen molar-refractivity contribution in [3.8, 4) is 5.75 Å². The number of anilines is 2. The van der Waals surface area contributed by atoms with Crippen LogP contribution in [-0.4, -0.2) is 48.2 Å². The summed E-state index contributed by atoms with van der Waals surface area (Å²) in [4.78, 5) is 52.3. The van der Waals surface area contributed by atoms with Gasteiger partial charge in [-0.25, -0.2) is 4.79 Å². The Morgan fingerprint density at radius 1 is 1.00 bits per heavy atom. The fourth-order valence-electron chi connectivity index (χ4n) is 5.52. The average molecular weight is 517 g/mol. The first-order valence-electron chi connectivity index (χ1n) is 11.2. The molecule has 0 unspecified atom stereocenters. The highest BCUT2D eigenvalue weighted by Crippen LogP contribution is 2.59. The average Bonchev–Trinajstić information content (AvgIpc) is 3.47. The Hall–Kier alpha value is -3.10. The maximum Gasteiger partial charge on any atom is 0.338 e.